The van der Waals surface area contributed by atoms with Crippen LogP contribution in [0.2, 0.25) is 0 Å². The van der Waals surface area contributed by atoms with E-state index < -0.39 is 21.8 Å². The van der Waals surface area contributed by atoms with Crippen molar-refractivity contribution in [2.75, 3.05) is 18.9 Å². The fourth-order valence-corrected chi connectivity index (χ4v) is 3.03. The van der Waals surface area contributed by atoms with Gasteiger partial charge in [0.05, 0.1) is 17.9 Å². The molecule has 1 aromatic heterocycles. The molecule has 0 bridgehead atoms. The monoisotopic (exact) mass is 423 g/mol. The number of aromatic amines is 1. The summed E-state index contributed by atoms with van der Waals surface area (Å²) in [4.78, 5) is 31.7. The molecule has 29 heavy (non-hydrogen) atoms. The molecule has 0 aliphatic rings. The average molecular weight is 423 g/mol. The standard InChI is InChI=1S/C19H25N3O6S/c1-4-9-28-16-7-6-14(19(24)20-8-5-10-29(25,26)27)11-15(16)17-21-13(3)12(2)18(23)22-17/h6-7,11H,4-5,8-10H2,1-3H3,(H,20,24)(H,21,22,23)(H,25,26,27). The Morgan fingerprint density at radius 1 is 1.31 bits per heavy atom. The lowest BCUT2D eigenvalue weighted by Gasteiger charge is -2.13. The first kappa shape index (κ1) is 22.6. The van der Waals surface area contributed by atoms with Crippen LogP contribution in [-0.2, 0) is 10.1 Å². The van der Waals surface area contributed by atoms with Crippen LogP contribution in [0, 0.1) is 13.8 Å². The number of carbonyl (C=O) groups is 1. The smallest absolute Gasteiger partial charge is 0.264 e. The number of hydrogen-bond donors (Lipinski definition) is 3. The largest absolute Gasteiger partial charge is 0.493 e. The van der Waals surface area contributed by atoms with Gasteiger partial charge in [0.15, 0.2) is 0 Å². The minimum absolute atomic E-state index is 0.0841. The molecule has 10 heteroatoms. The molecule has 0 radical (unpaired) electrons. The number of hydrogen-bond acceptors (Lipinski definition) is 6. The number of aryl methyl sites for hydroxylation is 1. The Hall–Kier alpha value is -2.72. The van der Waals surface area contributed by atoms with Gasteiger partial charge in [0, 0.05) is 23.4 Å². The third kappa shape index (κ3) is 6.40. The fraction of sp³-hybridized carbons (Fsp3) is 0.421. The zero-order valence-corrected chi connectivity index (χ0v) is 17.4. The number of carbonyl (C=O) groups excluding carboxylic acids is 1. The van der Waals surface area contributed by atoms with Crippen molar-refractivity contribution in [2.45, 2.75) is 33.6 Å². The highest BCUT2D eigenvalue weighted by atomic mass is 32.2. The molecule has 0 atom stereocenters. The quantitative estimate of drug-likeness (QED) is 0.413. The molecule has 1 heterocycles. The summed E-state index contributed by atoms with van der Waals surface area (Å²) in [5.74, 6) is -0.0722. The van der Waals surface area contributed by atoms with Gasteiger partial charge in [-0.1, -0.05) is 6.92 Å². The molecule has 158 valence electrons. The summed E-state index contributed by atoms with van der Waals surface area (Å²) in [5.41, 5.74) is 1.59. The number of nitrogens with one attached hydrogen (secondary N) is 2. The number of ether oxygens (including phenoxy) is 1. The Balaban J connectivity index is 2.31. The molecule has 2 rings (SSSR count). The number of rotatable bonds is 9. The third-order valence-corrected chi connectivity index (χ3v) is 5.02. The number of nitrogens with zero attached hydrogens (tertiary/aromatic N) is 1. The van der Waals surface area contributed by atoms with E-state index in [1.807, 2.05) is 6.92 Å². The lowest BCUT2D eigenvalue weighted by molar-refractivity contribution is 0.0953. The van der Waals surface area contributed by atoms with E-state index in [0.29, 0.717) is 40.6 Å². The van der Waals surface area contributed by atoms with E-state index in [9.17, 15) is 18.0 Å². The molecule has 0 spiro atoms. The van der Waals surface area contributed by atoms with Crippen molar-refractivity contribution in [3.63, 3.8) is 0 Å². The Morgan fingerprint density at radius 3 is 2.66 bits per heavy atom. The first-order valence-corrected chi connectivity index (χ1v) is 10.8. The van der Waals surface area contributed by atoms with E-state index >= 15 is 0 Å². The van der Waals surface area contributed by atoms with Gasteiger partial charge in [0.1, 0.15) is 11.6 Å². The highest BCUT2D eigenvalue weighted by Gasteiger charge is 2.15. The van der Waals surface area contributed by atoms with Gasteiger partial charge in [-0.25, -0.2) is 4.98 Å². The Kier molecular flexibility index (Phi) is 7.52. The number of aromatic nitrogens is 2. The lowest BCUT2D eigenvalue weighted by atomic mass is 10.1. The molecular formula is C19H25N3O6S. The van der Waals surface area contributed by atoms with Crippen LogP contribution in [0.15, 0.2) is 23.0 Å². The molecule has 1 aromatic carbocycles. The predicted octanol–water partition coefficient (Wildman–Crippen LogP) is 1.85. The van der Waals surface area contributed by atoms with Gasteiger partial charge < -0.3 is 15.0 Å². The molecule has 0 fully saturated rings. The van der Waals surface area contributed by atoms with Crippen LogP contribution in [0.3, 0.4) is 0 Å². The molecule has 0 saturated heterocycles. The van der Waals surface area contributed by atoms with Crippen molar-refractivity contribution in [1.82, 2.24) is 15.3 Å². The van der Waals surface area contributed by atoms with Crippen LogP contribution in [0.5, 0.6) is 5.75 Å². The van der Waals surface area contributed by atoms with Crippen molar-refractivity contribution in [1.29, 1.82) is 0 Å². The molecule has 0 aliphatic carbocycles. The third-order valence-electron chi connectivity index (χ3n) is 4.22. The van der Waals surface area contributed by atoms with Crippen LogP contribution >= 0.6 is 0 Å². The normalized spacial score (nSPS) is 11.3. The molecule has 3 N–H and O–H groups in total. The number of H-pyrrole nitrogens is 1. The molecule has 0 saturated carbocycles. The molecule has 0 aliphatic heterocycles. The highest BCUT2D eigenvalue weighted by Crippen LogP contribution is 2.29. The minimum Gasteiger partial charge on any atom is -0.493 e. The second kappa shape index (κ2) is 9.66. The molecule has 0 unspecified atom stereocenters. The maximum absolute atomic E-state index is 12.4. The second-order valence-corrected chi connectivity index (χ2v) is 8.15. The summed E-state index contributed by atoms with van der Waals surface area (Å²) in [7, 11) is -4.07. The topological polar surface area (TPSA) is 138 Å². The van der Waals surface area contributed by atoms with E-state index in [-0.39, 0.29) is 18.5 Å². The first-order valence-electron chi connectivity index (χ1n) is 9.20. The zero-order valence-electron chi connectivity index (χ0n) is 16.6. The highest BCUT2D eigenvalue weighted by molar-refractivity contribution is 7.85. The van der Waals surface area contributed by atoms with Gasteiger partial charge in [-0.05, 0) is 44.9 Å². The van der Waals surface area contributed by atoms with Crippen LogP contribution in [-0.4, -0.2) is 47.8 Å². The van der Waals surface area contributed by atoms with Gasteiger partial charge in [-0.2, -0.15) is 8.42 Å². The van der Waals surface area contributed by atoms with Crippen LogP contribution < -0.4 is 15.6 Å². The van der Waals surface area contributed by atoms with E-state index in [1.54, 1.807) is 32.0 Å². The predicted molar refractivity (Wildman–Crippen MR) is 109 cm³/mol. The van der Waals surface area contributed by atoms with Crippen molar-refractivity contribution in [3.05, 3.63) is 45.4 Å². The van der Waals surface area contributed by atoms with E-state index in [0.717, 1.165) is 6.42 Å². The van der Waals surface area contributed by atoms with E-state index in [1.165, 1.54) is 0 Å². The molecular weight excluding hydrogens is 398 g/mol. The number of amides is 1. The van der Waals surface area contributed by atoms with Crippen LogP contribution in [0.1, 0.15) is 41.4 Å². The van der Waals surface area contributed by atoms with Crippen LogP contribution in [0.4, 0.5) is 0 Å². The average Bonchev–Trinajstić information content (AvgIpc) is 2.66. The maximum Gasteiger partial charge on any atom is 0.264 e. The minimum atomic E-state index is -4.07. The zero-order chi connectivity index (χ0) is 21.6. The summed E-state index contributed by atoms with van der Waals surface area (Å²) in [5, 5.41) is 2.60. The maximum atomic E-state index is 12.4. The van der Waals surface area contributed by atoms with Gasteiger partial charge in [-0.15, -0.1) is 0 Å². The summed E-state index contributed by atoms with van der Waals surface area (Å²) in [6.45, 7) is 5.91. The summed E-state index contributed by atoms with van der Waals surface area (Å²) in [6, 6.07) is 4.77. The Bertz CT molecular complexity index is 1050. The molecule has 9 nitrogen and oxygen atoms in total. The second-order valence-electron chi connectivity index (χ2n) is 6.58. The first-order chi connectivity index (χ1) is 13.6. The van der Waals surface area contributed by atoms with Gasteiger partial charge in [0.25, 0.3) is 21.6 Å². The Labute approximate surface area is 169 Å². The lowest BCUT2D eigenvalue weighted by Crippen LogP contribution is -2.26. The SMILES string of the molecule is CCCOc1ccc(C(=O)NCCCS(=O)(=O)O)cc1-c1nc(C)c(C)c(=O)[nH]1. The van der Waals surface area contributed by atoms with Crippen LogP contribution in [0.25, 0.3) is 11.4 Å². The van der Waals surface area contributed by atoms with Crippen molar-refractivity contribution < 1.29 is 22.5 Å². The summed E-state index contributed by atoms with van der Waals surface area (Å²) in [6.07, 6.45) is 0.869. The van der Waals surface area contributed by atoms with Gasteiger partial charge >= 0.3 is 0 Å². The molecule has 1 amide bonds. The Morgan fingerprint density at radius 2 is 2.03 bits per heavy atom. The summed E-state index contributed by atoms with van der Waals surface area (Å²) < 4.78 is 36.0. The fourth-order valence-electron chi connectivity index (χ4n) is 2.53. The summed E-state index contributed by atoms with van der Waals surface area (Å²) >= 11 is 0. The molecule has 2 aromatic rings. The van der Waals surface area contributed by atoms with E-state index in [2.05, 4.69) is 15.3 Å². The number of benzene rings is 1. The van der Waals surface area contributed by atoms with Crippen molar-refractivity contribution in [3.8, 4) is 17.1 Å². The van der Waals surface area contributed by atoms with Crippen molar-refractivity contribution in [2.24, 2.45) is 0 Å². The van der Waals surface area contributed by atoms with Gasteiger partial charge in [-0.3, -0.25) is 14.1 Å². The van der Waals surface area contributed by atoms with Gasteiger partial charge in [0.2, 0.25) is 0 Å². The van der Waals surface area contributed by atoms with Crippen molar-refractivity contribution >= 4 is 16.0 Å². The van der Waals surface area contributed by atoms with E-state index in [4.69, 9.17) is 9.29 Å².